The highest BCUT2D eigenvalue weighted by molar-refractivity contribution is 7.86. The standard InChI is InChI=1S/C15H31N5O3S/c1-4-5-15(2,16)14(21)18-8-12-20(13-9-18)24(22,23)19-10-6-17(3)7-11-19/h4-13,16H2,1-3H3. The Morgan fingerprint density at radius 1 is 1.00 bits per heavy atom. The lowest BCUT2D eigenvalue weighted by molar-refractivity contribution is -0.137. The van der Waals surface area contributed by atoms with E-state index in [9.17, 15) is 13.2 Å². The van der Waals surface area contributed by atoms with Gasteiger partial charge >= 0.3 is 0 Å². The van der Waals surface area contributed by atoms with Gasteiger partial charge in [0.1, 0.15) is 0 Å². The molecule has 2 saturated heterocycles. The first-order chi connectivity index (χ1) is 11.2. The molecule has 140 valence electrons. The number of nitrogens with two attached hydrogens (primary N) is 1. The van der Waals surface area contributed by atoms with E-state index in [0.29, 0.717) is 45.7 Å². The molecule has 0 aromatic rings. The van der Waals surface area contributed by atoms with E-state index in [-0.39, 0.29) is 5.91 Å². The quantitative estimate of drug-likeness (QED) is 0.688. The van der Waals surface area contributed by atoms with Crippen molar-refractivity contribution in [3.63, 3.8) is 0 Å². The van der Waals surface area contributed by atoms with Gasteiger partial charge in [-0.15, -0.1) is 0 Å². The molecule has 2 aliphatic heterocycles. The summed E-state index contributed by atoms with van der Waals surface area (Å²) in [6.45, 7) is 7.78. The minimum absolute atomic E-state index is 0.0824. The number of piperazine rings is 2. The molecule has 0 saturated carbocycles. The molecule has 2 rings (SSSR count). The predicted octanol–water partition coefficient (Wildman–Crippen LogP) is -0.860. The Morgan fingerprint density at radius 2 is 1.46 bits per heavy atom. The van der Waals surface area contributed by atoms with Gasteiger partial charge in [-0.2, -0.15) is 17.0 Å². The van der Waals surface area contributed by atoms with Gasteiger partial charge in [-0.05, 0) is 20.4 Å². The zero-order chi connectivity index (χ0) is 18.0. The SMILES string of the molecule is CCCC(C)(N)C(=O)N1CCN(S(=O)(=O)N2CCN(C)CC2)CC1. The van der Waals surface area contributed by atoms with Crippen molar-refractivity contribution in [2.24, 2.45) is 5.73 Å². The van der Waals surface area contributed by atoms with E-state index >= 15 is 0 Å². The Balaban J connectivity index is 1.93. The molecule has 8 nitrogen and oxygen atoms in total. The molecule has 2 heterocycles. The van der Waals surface area contributed by atoms with E-state index in [0.717, 1.165) is 19.5 Å². The summed E-state index contributed by atoms with van der Waals surface area (Å²) in [5.74, 6) is -0.0824. The summed E-state index contributed by atoms with van der Waals surface area (Å²) < 4.78 is 28.5. The van der Waals surface area contributed by atoms with Gasteiger partial charge in [0.2, 0.25) is 5.91 Å². The van der Waals surface area contributed by atoms with Gasteiger partial charge in [-0.25, -0.2) is 0 Å². The van der Waals surface area contributed by atoms with Crippen molar-refractivity contribution < 1.29 is 13.2 Å². The van der Waals surface area contributed by atoms with Crippen LogP contribution >= 0.6 is 0 Å². The van der Waals surface area contributed by atoms with Gasteiger partial charge in [0.15, 0.2) is 0 Å². The van der Waals surface area contributed by atoms with Crippen LogP contribution in [0.25, 0.3) is 0 Å². The molecule has 2 fully saturated rings. The highest BCUT2D eigenvalue weighted by atomic mass is 32.2. The molecular formula is C15H31N5O3S. The van der Waals surface area contributed by atoms with Crippen molar-refractivity contribution in [1.82, 2.24) is 18.4 Å². The molecule has 0 aromatic carbocycles. The fourth-order valence-electron chi connectivity index (χ4n) is 3.29. The molecule has 0 aromatic heterocycles. The van der Waals surface area contributed by atoms with E-state index in [1.54, 1.807) is 16.1 Å². The van der Waals surface area contributed by atoms with Crippen LogP contribution in [0.5, 0.6) is 0 Å². The molecule has 0 spiro atoms. The first-order valence-corrected chi connectivity index (χ1v) is 10.1. The molecule has 0 radical (unpaired) electrons. The molecule has 1 unspecified atom stereocenters. The summed E-state index contributed by atoms with van der Waals surface area (Å²) >= 11 is 0. The van der Waals surface area contributed by atoms with Gasteiger partial charge in [-0.3, -0.25) is 4.79 Å². The zero-order valence-corrected chi connectivity index (χ0v) is 15.9. The Kier molecular flexibility index (Phi) is 6.24. The predicted molar refractivity (Wildman–Crippen MR) is 93.6 cm³/mol. The van der Waals surface area contributed by atoms with E-state index in [1.165, 1.54) is 4.31 Å². The maximum Gasteiger partial charge on any atom is 0.282 e. The third kappa shape index (κ3) is 4.26. The van der Waals surface area contributed by atoms with Gasteiger partial charge in [0.05, 0.1) is 5.54 Å². The van der Waals surface area contributed by atoms with Crippen LogP contribution in [0, 0.1) is 0 Å². The Bertz CT molecular complexity index is 535. The van der Waals surface area contributed by atoms with Gasteiger partial charge in [0, 0.05) is 52.4 Å². The lowest BCUT2D eigenvalue weighted by Gasteiger charge is -2.40. The molecule has 9 heteroatoms. The van der Waals surface area contributed by atoms with Crippen LogP contribution < -0.4 is 5.73 Å². The molecule has 24 heavy (non-hydrogen) atoms. The average molecular weight is 362 g/mol. The molecule has 0 aliphatic carbocycles. The number of rotatable bonds is 5. The number of nitrogens with zero attached hydrogens (tertiary/aromatic N) is 4. The van der Waals surface area contributed by atoms with Crippen molar-refractivity contribution in [3.05, 3.63) is 0 Å². The Hall–Kier alpha value is -0.740. The molecule has 1 atom stereocenters. The number of carbonyl (C=O) groups is 1. The van der Waals surface area contributed by atoms with Gasteiger partial charge in [-0.1, -0.05) is 13.3 Å². The molecule has 1 amide bonds. The second-order valence-electron chi connectivity index (χ2n) is 7.07. The molecule has 0 bridgehead atoms. The van der Waals surface area contributed by atoms with Crippen LogP contribution in [0.2, 0.25) is 0 Å². The first-order valence-electron chi connectivity index (χ1n) is 8.70. The minimum atomic E-state index is -3.43. The van der Waals surface area contributed by atoms with Crippen LogP contribution in [0.15, 0.2) is 0 Å². The Labute approximate surface area is 145 Å². The maximum atomic E-state index is 12.7. The third-order valence-electron chi connectivity index (χ3n) is 4.90. The lowest BCUT2D eigenvalue weighted by Crippen LogP contribution is -2.60. The van der Waals surface area contributed by atoms with Crippen LogP contribution in [-0.4, -0.2) is 97.7 Å². The number of likely N-dealkylation sites (N-methyl/N-ethyl adjacent to an activating group) is 1. The van der Waals surface area contributed by atoms with Gasteiger partial charge in [0.25, 0.3) is 10.2 Å². The van der Waals surface area contributed by atoms with Crippen LogP contribution in [0.4, 0.5) is 0 Å². The maximum absolute atomic E-state index is 12.7. The van der Waals surface area contributed by atoms with Crippen LogP contribution in [-0.2, 0) is 15.0 Å². The van der Waals surface area contributed by atoms with Gasteiger partial charge < -0.3 is 15.5 Å². The number of hydrogen-bond donors (Lipinski definition) is 1. The lowest BCUT2D eigenvalue weighted by atomic mass is 9.95. The summed E-state index contributed by atoms with van der Waals surface area (Å²) in [6.07, 6.45) is 1.47. The molecule has 2 N–H and O–H groups in total. The average Bonchev–Trinajstić information content (AvgIpc) is 2.54. The van der Waals surface area contributed by atoms with Crippen molar-refractivity contribution in [1.29, 1.82) is 0 Å². The van der Waals surface area contributed by atoms with Crippen LogP contribution in [0.3, 0.4) is 0 Å². The Morgan fingerprint density at radius 3 is 1.92 bits per heavy atom. The topological polar surface area (TPSA) is 90.2 Å². The molecule has 2 aliphatic rings. The van der Waals surface area contributed by atoms with E-state index in [1.807, 2.05) is 14.0 Å². The van der Waals surface area contributed by atoms with E-state index in [4.69, 9.17) is 5.73 Å². The monoisotopic (exact) mass is 361 g/mol. The molecular weight excluding hydrogens is 330 g/mol. The number of amides is 1. The third-order valence-corrected chi connectivity index (χ3v) is 6.93. The second kappa shape index (κ2) is 7.65. The zero-order valence-electron chi connectivity index (χ0n) is 15.1. The summed E-state index contributed by atoms with van der Waals surface area (Å²) in [6, 6.07) is 0. The second-order valence-corrected chi connectivity index (χ2v) is 9.00. The first kappa shape index (κ1) is 19.6. The summed E-state index contributed by atoms with van der Waals surface area (Å²) in [4.78, 5) is 16.3. The minimum Gasteiger partial charge on any atom is -0.338 e. The highest BCUT2D eigenvalue weighted by Gasteiger charge is 2.37. The number of carbonyl (C=O) groups excluding carboxylic acids is 1. The fraction of sp³-hybridized carbons (Fsp3) is 0.933. The van der Waals surface area contributed by atoms with E-state index in [2.05, 4.69) is 4.90 Å². The fourth-order valence-corrected chi connectivity index (χ4v) is 4.87. The number of hydrogen-bond acceptors (Lipinski definition) is 5. The van der Waals surface area contributed by atoms with Crippen molar-refractivity contribution in [3.8, 4) is 0 Å². The van der Waals surface area contributed by atoms with Crippen LogP contribution in [0.1, 0.15) is 26.7 Å². The van der Waals surface area contributed by atoms with Crippen molar-refractivity contribution in [2.45, 2.75) is 32.2 Å². The van der Waals surface area contributed by atoms with Crippen molar-refractivity contribution in [2.75, 3.05) is 59.4 Å². The highest BCUT2D eigenvalue weighted by Crippen LogP contribution is 2.18. The summed E-state index contributed by atoms with van der Waals surface area (Å²) in [5, 5.41) is 0. The van der Waals surface area contributed by atoms with Crippen molar-refractivity contribution >= 4 is 16.1 Å². The smallest absolute Gasteiger partial charge is 0.282 e. The van der Waals surface area contributed by atoms with E-state index < -0.39 is 15.7 Å². The summed E-state index contributed by atoms with van der Waals surface area (Å²) in [7, 11) is -1.44. The normalized spacial score (nSPS) is 24.8. The largest absolute Gasteiger partial charge is 0.338 e. The summed E-state index contributed by atoms with van der Waals surface area (Å²) in [5.41, 5.74) is 5.25.